The van der Waals surface area contributed by atoms with Crippen molar-refractivity contribution in [3.05, 3.63) is 11.7 Å². The first-order chi connectivity index (χ1) is 8.47. The molecule has 0 aromatic carbocycles. The fourth-order valence-electron chi connectivity index (χ4n) is 1.61. The van der Waals surface area contributed by atoms with Crippen LogP contribution in [-0.2, 0) is 17.8 Å². The molecule has 0 unspecified atom stereocenters. The molecule has 6 heteroatoms. The highest BCUT2D eigenvalue weighted by Crippen LogP contribution is 2.06. The average molecular weight is 255 g/mol. The normalized spacial score (nSPS) is 11.4. The average Bonchev–Trinajstić information content (AvgIpc) is 2.63. The maximum absolute atomic E-state index is 10.4. The molecule has 1 N–H and O–H groups in total. The molecule has 1 rings (SSSR count). The molecular weight excluding hydrogens is 234 g/mol. The zero-order chi connectivity index (χ0) is 13.5. The van der Waals surface area contributed by atoms with E-state index in [4.69, 9.17) is 9.63 Å². The summed E-state index contributed by atoms with van der Waals surface area (Å²) in [5.41, 5.74) is 0. The minimum atomic E-state index is -0.764. The van der Waals surface area contributed by atoms with Crippen molar-refractivity contribution in [1.82, 2.24) is 15.0 Å². The number of hydrogen-bond acceptors (Lipinski definition) is 5. The molecule has 0 aliphatic heterocycles. The Hall–Kier alpha value is -1.43. The minimum Gasteiger partial charge on any atom is -0.481 e. The van der Waals surface area contributed by atoms with Crippen LogP contribution in [0, 0.1) is 5.92 Å². The molecule has 0 saturated heterocycles. The van der Waals surface area contributed by atoms with Crippen LogP contribution in [0.15, 0.2) is 4.52 Å². The highest BCUT2D eigenvalue weighted by molar-refractivity contribution is 5.66. The molecule has 0 aliphatic carbocycles. The second-order valence-electron chi connectivity index (χ2n) is 4.94. The summed E-state index contributed by atoms with van der Waals surface area (Å²) >= 11 is 0. The van der Waals surface area contributed by atoms with Crippen LogP contribution in [0.4, 0.5) is 0 Å². The fourth-order valence-corrected chi connectivity index (χ4v) is 1.61. The van der Waals surface area contributed by atoms with E-state index in [1.165, 1.54) is 0 Å². The Morgan fingerprint density at radius 2 is 2.22 bits per heavy atom. The molecule has 1 heterocycles. The number of rotatable bonds is 8. The Kier molecular flexibility index (Phi) is 5.77. The summed E-state index contributed by atoms with van der Waals surface area (Å²) < 4.78 is 5.14. The topological polar surface area (TPSA) is 79.5 Å². The molecule has 6 nitrogen and oxygen atoms in total. The van der Waals surface area contributed by atoms with Gasteiger partial charge in [0, 0.05) is 12.8 Å². The number of carboxylic acids is 1. The van der Waals surface area contributed by atoms with Gasteiger partial charge in [0.2, 0.25) is 5.89 Å². The summed E-state index contributed by atoms with van der Waals surface area (Å²) in [6.07, 6.45) is 1.62. The molecular formula is C12H21N3O3. The SMILES string of the molecule is CC(C)Cc1noc(CN(C)CCCC(=O)O)n1. The first kappa shape index (κ1) is 14.6. The van der Waals surface area contributed by atoms with Crippen molar-refractivity contribution < 1.29 is 14.4 Å². The summed E-state index contributed by atoms with van der Waals surface area (Å²) in [4.78, 5) is 16.7. The Labute approximate surface area is 107 Å². The van der Waals surface area contributed by atoms with Gasteiger partial charge in [-0.2, -0.15) is 4.98 Å². The van der Waals surface area contributed by atoms with Gasteiger partial charge in [-0.15, -0.1) is 0 Å². The molecule has 1 aromatic heterocycles. The van der Waals surface area contributed by atoms with Crippen LogP contribution >= 0.6 is 0 Å². The van der Waals surface area contributed by atoms with Gasteiger partial charge in [0.05, 0.1) is 6.54 Å². The lowest BCUT2D eigenvalue weighted by Gasteiger charge is -2.12. The van der Waals surface area contributed by atoms with Crippen LogP contribution < -0.4 is 0 Å². The number of carboxylic acid groups (broad SMARTS) is 1. The molecule has 0 amide bonds. The van der Waals surface area contributed by atoms with E-state index >= 15 is 0 Å². The van der Waals surface area contributed by atoms with E-state index in [2.05, 4.69) is 24.0 Å². The monoisotopic (exact) mass is 255 g/mol. The number of nitrogens with zero attached hydrogens (tertiary/aromatic N) is 3. The van der Waals surface area contributed by atoms with E-state index in [9.17, 15) is 4.79 Å². The van der Waals surface area contributed by atoms with Gasteiger partial charge in [0.25, 0.3) is 0 Å². The molecule has 102 valence electrons. The maximum atomic E-state index is 10.4. The molecule has 0 fully saturated rings. The lowest BCUT2D eigenvalue weighted by molar-refractivity contribution is -0.137. The predicted molar refractivity (Wildman–Crippen MR) is 66.0 cm³/mol. The summed E-state index contributed by atoms with van der Waals surface area (Å²) in [5, 5.41) is 12.5. The van der Waals surface area contributed by atoms with Crippen molar-refractivity contribution in [2.45, 2.75) is 39.7 Å². The van der Waals surface area contributed by atoms with E-state index in [1.807, 2.05) is 11.9 Å². The number of hydrogen-bond donors (Lipinski definition) is 1. The summed E-state index contributed by atoms with van der Waals surface area (Å²) in [5.74, 6) is 1.06. The Morgan fingerprint density at radius 3 is 2.83 bits per heavy atom. The zero-order valence-corrected chi connectivity index (χ0v) is 11.2. The largest absolute Gasteiger partial charge is 0.481 e. The summed E-state index contributed by atoms with van der Waals surface area (Å²) in [7, 11) is 1.91. The van der Waals surface area contributed by atoms with E-state index in [-0.39, 0.29) is 6.42 Å². The van der Waals surface area contributed by atoms with E-state index in [1.54, 1.807) is 0 Å². The van der Waals surface area contributed by atoms with Gasteiger partial charge in [0.1, 0.15) is 0 Å². The third-order valence-electron chi connectivity index (χ3n) is 2.44. The van der Waals surface area contributed by atoms with Gasteiger partial charge < -0.3 is 9.63 Å². The summed E-state index contributed by atoms with van der Waals surface area (Å²) in [6.45, 7) is 5.47. The maximum Gasteiger partial charge on any atom is 0.303 e. The van der Waals surface area contributed by atoms with Gasteiger partial charge in [0.15, 0.2) is 5.82 Å². The lowest BCUT2D eigenvalue weighted by atomic mass is 10.1. The third kappa shape index (κ3) is 5.77. The molecule has 1 aromatic rings. The second kappa shape index (κ2) is 7.10. The predicted octanol–water partition coefficient (Wildman–Crippen LogP) is 1.56. The molecule has 0 spiro atoms. The molecule has 0 atom stereocenters. The number of aromatic nitrogens is 2. The zero-order valence-electron chi connectivity index (χ0n) is 11.2. The van der Waals surface area contributed by atoms with Crippen LogP contribution in [-0.4, -0.2) is 39.7 Å². The molecule has 0 aliphatic rings. The van der Waals surface area contributed by atoms with Gasteiger partial charge >= 0.3 is 5.97 Å². The van der Waals surface area contributed by atoms with Crippen molar-refractivity contribution >= 4 is 5.97 Å². The van der Waals surface area contributed by atoms with Crippen molar-refractivity contribution in [3.8, 4) is 0 Å². The smallest absolute Gasteiger partial charge is 0.303 e. The Bertz CT molecular complexity index is 376. The first-order valence-corrected chi connectivity index (χ1v) is 6.19. The highest BCUT2D eigenvalue weighted by Gasteiger charge is 2.10. The minimum absolute atomic E-state index is 0.187. The number of carbonyl (C=O) groups is 1. The van der Waals surface area contributed by atoms with Crippen molar-refractivity contribution in [2.75, 3.05) is 13.6 Å². The van der Waals surface area contributed by atoms with Crippen molar-refractivity contribution in [1.29, 1.82) is 0 Å². The fraction of sp³-hybridized carbons (Fsp3) is 0.750. The van der Waals surface area contributed by atoms with Gasteiger partial charge in [-0.25, -0.2) is 0 Å². The highest BCUT2D eigenvalue weighted by atomic mass is 16.5. The first-order valence-electron chi connectivity index (χ1n) is 6.19. The molecule has 0 saturated carbocycles. The van der Waals surface area contributed by atoms with Gasteiger partial charge in [-0.05, 0) is 25.9 Å². The van der Waals surface area contributed by atoms with Crippen LogP contribution in [0.25, 0.3) is 0 Å². The second-order valence-corrected chi connectivity index (χ2v) is 4.94. The van der Waals surface area contributed by atoms with Gasteiger partial charge in [-0.1, -0.05) is 19.0 Å². The molecule has 18 heavy (non-hydrogen) atoms. The van der Waals surface area contributed by atoms with Crippen LogP contribution in [0.3, 0.4) is 0 Å². The molecule has 0 radical (unpaired) electrons. The van der Waals surface area contributed by atoms with Crippen LogP contribution in [0.5, 0.6) is 0 Å². The quantitative estimate of drug-likeness (QED) is 0.759. The molecule has 0 bridgehead atoms. The Balaban J connectivity index is 2.32. The van der Waals surface area contributed by atoms with Crippen molar-refractivity contribution in [3.63, 3.8) is 0 Å². The van der Waals surface area contributed by atoms with E-state index in [0.29, 0.717) is 31.3 Å². The van der Waals surface area contributed by atoms with Crippen LogP contribution in [0.2, 0.25) is 0 Å². The van der Waals surface area contributed by atoms with Crippen molar-refractivity contribution in [2.24, 2.45) is 5.92 Å². The van der Waals surface area contributed by atoms with E-state index in [0.717, 1.165) is 12.2 Å². The lowest BCUT2D eigenvalue weighted by Crippen LogP contribution is -2.20. The standard InChI is InChI=1S/C12H21N3O3/c1-9(2)7-10-13-11(18-14-10)8-15(3)6-4-5-12(16)17/h9H,4-8H2,1-3H3,(H,16,17). The van der Waals surface area contributed by atoms with E-state index < -0.39 is 5.97 Å². The Morgan fingerprint density at radius 1 is 1.50 bits per heavy atom. The van der Waals surface area contributed by atoms with Gasteiger partial charge in [-0.3, -0.25) is 9.69 Å². The third-order valence-corrected chi connectivity index (χ3v) is 2.44. The summed E-state index contributed by atoms with van der Waals surface area (Å²) in [6, 6.07) is 0. The number of aliphatic carboxylic acids is 1. The van der Waals surface area contributed by atoms with Crippen LogP contribution in [0.1, 0.15) is 38.4 Å².